The lowest BCUT2D eigenvalue weighted by Crippen LogP contribution is -2.51. The summed E-state index contributed by atoms with van der Waals surface area (Å²) in [5, 5.41) is 1.85. The van der Waals surface area contributed by atoms with E-state index in [0.717, 1.165) is 11.3 Å². The number of amides is 2. The smallest absolute Gasteiger partial charge is 0.274 e. The van der Waals surface area contributed by atoms with Gasteiger partial charge in [-0.1, -0.05) is 36.4 Å². The van der Waals surface area contributed by atoms with Gasteiger partial charge < -0.3 is 14.4 Å². The first-order chi connectivity index (χ1) is 17.6. The van der Waals surface area contributed by atoms with Crippen LogP contribution in [0.4, 0.5) is 5.82 Å². The summed E-state index contributed by atoms with van der Waals surface area (Å²) in [4.78, 5) is 47.9. The van der Waals surface area contributed by atoms with Crippen LogP contribution in [0.2, 0.25) is 0 Å². The van der Waals surface area contributed by atoms with E-state index in [1.54, 1.807) is 22.2 Å². The number of rotatable bonds is 5. The molecule has 0 bridgehead atoms. The molecule has 0 atom stereocenters. The normalized spacial score (nSPS) is 14.2. The van der Waals surface area contributed by atoms with Crippen LogP contribution < -0.4 is 4.80 Å². The highest BCUT2D eigenvalue weighted by Crippen LogP contribution is 2.15. The Kier molecular flexibility index (Phi) is 6.94. The van der Waals surface area contributed by atoms with E-state index in [2.05, 4.69) is 15.0 Å². The number of piperazine rings is 1. The van der Waals surface area contributed by atoms with E-state index in [4.69, 9.17) is 4.99 Å². The average Bonchev–Trinajstić information content (AvgIpc) is 3.31. The highest BCUT2D eigenvalue weighted by molar-refractivity contribution is 7.07. The van der Waals surface area contributed by atoms with Gasteiger partial charge in [0.15, 0.2) is 10.6 Å². The molecule has 0 N–H and O–H groups in total. The van der Waals surface area contributed by atoms with Crippen LogP contribution in [0.5, 0.6) is 0 Å². The molecule has 3 aromatic heterocycles. The lowest BCUT2D eigenvalue weighted by molar-refractivity contribution is 0.0526. The highest BCUT2D eigenvalue weighted by Gasteiger charge is 2.28. The van der Waals surface area contributed by atoms with Gasteiger partial charge in [0.1, 0.15) is 11.4 Å². The summed E-state index contributed by atoms with van der Waals surface area (Å²) in [6, 6.07) is 15.6. The first-order valence-electron chi connectivity index (χ1n) is 11.6. The largest absolute Gasteiger partial charge is 0.334 e. The molecule has 2 amide bonds. The Morgan fingerprint density at radius 1 is 0.889 bits per heavy atom. The number of pyridine rings is 1. The zero-order valence-corrected chi connectivity index (χ0v) is 20.6. The minimum absolute atomic E-state index is 0.0770. The Morgan fingerprint density at radius 3 is 2.28 bits per heavy atom. The van der Waals surface area contributed by atoms with Crippen molar-refractivity contribution in [3.05, 3.63) is 99.9 Å². The van der Waals surface area contributed by atoms with E-state index in [0.29, 0.717) is 54.7 Å². The quantitative estimate of drug-likeness (QED) is 0.421. The maximum atomic E-state index is 13.6. The lowest BCUT2D eigenvalue weighted by atomic mass is 10.2. The second-order valence-electron chi connectivity index (χ2n) is 8.40. The molecule has 182 valence electrons. The maximum Gasteiger partial charge on any atom is 0.274 e. The average molecular weight is 500 g/mol. The molecule has 1 saturated heterocycles. The minimum Gasteiger partial charge on any atom is -0.334 e. The maximum absolute atomic E-state index is 13.6. The fourth-order valence-electron chi connectivity index (χ4n) is 3.97. The Balaban J connectivity index is 1.36. The molecule has 9 nitrogen and oxygen atoms in total. The van der Waals surface area contributed by atoms with Gasteiger partial charge in [-0.25, -0.2) is 15.0 Å². The van der Waals surface area contributed by atoms with Gasteiger partial charge in [-0.3, -0.25) is 14.6 Å². The number of thiazole rings is 1. The second kappa shape index (κ2) is 10.6. The summed E-state index contributed by atoms with van der Waals surface area (Å²) >= 11 is 1.42. The van der Waals surface area contributed by atoms with Crippen molar-refractivity contribution < 1.29 is 9.59 Å². The molecule has 5 rings (SSSR count). The summed E-state index contributed by atoms with van der Waals surface area (Å²) < 4.78 is 1.94. The fraction of sp³-hybridized carbons (Fsp3) is 0.231. The van der Waals surface area contributed by atoms with E-state index in [1.165, 1.54) is 17.5 Å². The van der Waals surface area contributed by atoms with Crippen LogP contribution in [-0.4, -0.2) is 67.3 Å². The van der Waals surface area contributed by atoms with E-state index in [9.17, 15) is 9.59 Å². The van der Waals surface area contributed by atoms with Crippen LogP contribution in [0.15, 0.2) is 77.5 Å². The van der Waals surface area contributed by atoms with Gasteiger partial charge in [-0.2, -0.15) is 0 Å². The molecule has 1 aliphatic rings. The summed E-state index contributed by atoms with van der Waals surface area (Å²) in [5.41, 5.74) is 2.72. The van der Waals surface area contributed by atoms with Crippen molar-refractivity contribution in [1.82, 2.24) is 29.3 Å². The number of hydrogen-bond acceptors (Lipinski definition) is 7. The number of carbonyl (C=O) groups excluding carboxylic acids is 2. The molecule has 10 heteroatoms. The number of benzene rings is 1. The number of nitrogens with zero attached hydrogens (tertiary/aromatic N) is 7. The first-order valence-corrected chi connectivity index (χ1v) is 12.5. The van der Waals surface area contributed by atoms with Crippen LogP contribution >= 0.6 is 11.3 Å². The van der Waals surface area contributed by atoms with Gasteiger partial charge in [0, 0.05) is 44.0 Å². The van der Waals surface area contributed by atoms with Crippen LogP contribution in [0.25, 0.3) is 0 Å². The van der Waals surface area contributed by atoms with Crippen molar-refractivity contribution in [2.75, 3.05) is 26.2 Å². The van der Waals surface area contributed by atoms with Crippen molar-refractivity contribution >= 4 is 29.0 Å². The molecule has 0 radical (unpaired) electrons. The second-order valence-corrected chi connectivity index (χ2v) is 9.24. The van der Waals surface area contributed by atoms with E-state index in [1.807, 2.05) is 65.4 Å². The standard InChI is InChI=1S/C26H25N7O2S/c1-19-15-29-21(16-28-19)24(34)31-11-13-32(14-12-31)25(35)22-18-36-26(30-23-9-5-6-10-27-23)33(22)17-20-7-3-2-4-8-20/h2-10,15-16,18H,11-14,17H2,1H3. The van der Waals surface area contributed by atoms with Gasteiger partial charge in [0.2, 0.25) is 0 Å². The molecule has 4 heterocycles. The molecule has 0 aliphatic carbocycles. The van der Waals surface area contributed by atoms with Crippen molar-refractivity contribution in [3.8, 4) is 0 Å². The third-order valence-corrected chi connectivity index (χ3v) is 6.78. The zero-order chi connectivity index (χ0) is 24.9. The predicted molar refractivity (Wildman–Crippen MR) is 136 cm³/mol. The SMILES string of the molecule is Cc1cnc(C(=O)N2CCN(C(=O)c3csc(=Nc4ccccn4)n3Cc3ccccc3)CC2)cn1. The van der Waals surface area contributed by atoms with Crippen LogP contribution in [-0.2, 0) is 6.54 Å². The number of aryl methyl sites for hydroxylation is 1. The van der Waals surface area contributed by atoms with Crippen molar-refractivity contribution in [2.45, 2.75) is 13.5 Å². The molecule has 0 spiro atoms. The molecule has 4 aromatic rings. The molecule has 0 unspecified atom stereocenters. The van der Waals surface area contributed by atoms with Crippen molar-refractivity contribution in [1.29, 1.82) is 0 Å². The summed E-state index contributed by atoms with van der Waals surface area (Å²) in [6.45, 7) is 4.11. The van der Waals surface area contributed by atoms with Gasteiger partial charge >= 0.3 is 0 Å². The third-order valence-electron chi connectivity index (χ3n) is 5.91. The van der Waals surface area contributed by atoms with Crippen LogP contribution in [0.1, 0.15) is 32.2 Å². The fourth-order valence-corrected chi connectivity index (χ4v) is 4.85. The van der Waals surface area contributed by atoms with Crippen molar-refractivity contribution in [3.63, 3.8) is 0 Å². The molecule has 1 aromatic carbocycles. The first kappa shape index (κ1) is 23.6. The topological polar surface area (TPSA) is 96.6 Å². The number of aromatic nitrogens is 4. The van der Waals surface area contributed by atoms with E-state index >= 15 is 0 Å². The Hall–Kier alpha value is -4.18. The Morgan fingerprint density at radius 2 is 1.61 bits per heavy atom. The number of hydrogen-bond donors (Lipinski definition) is 0. The Labute approximate surface area is 212 Å². The molecule has 1 fully saturated rings. The lowest BCUT2D eigenvalue weighted by Gasteiger charge is -2.34. The molecule has 1 aliphatic heterocycles. The van der Waals surface area contributed by atoms with Gasteiger partial charge in [-0.15, -0.1) is 11.3 Å². The Bertz CT molecular complexity index is 1410. The molecule has 36 heavy (non-hydrogen) atoms. The van der Waals surface area contributed by atoms with Crippen LogP contribution in [0.3, 0.4) is 0 Å². The van der Waals surface area contributed by atoms with E-state index in [-0.39, 0.29) is 11.8 Å². The predicted octanol–water partition coefficient (Wildman–Crippen LogP) is 2.92. The van der Waals surface area contributed by atoms with Gasteiger partial charge in [-0.05, 0) is 24.6 Å². The summed E-state index contributed by atoms with van der Waals surface area (Å²) in [7, 11) is 0. The molecular weight excluding hydrogens is 474 g/mol. The monoisotopic (exact) mass is 499 g/mol. The summed E-state index contributed by atoms with van der Waals surface area (Å²) in [5.74, 6) is 0.346. The third kappa shape index (κ3) is 5.23. The highest BCUT2D eigenvalue weighted by atomic mass is 32.1. The molecule has 0 saturated carbocycles. The van der Waals surface area contributed by atoms with Crippen LogP contribution in [0, 0.1) is 6.92 Å². The zero-order valence-electron chi connectivity index (χ0n) is 19.8. The number of carbonyl (C=O) groups is 2. The van der Waals surface area contributed by atoms with Gasteiger partial charge in [0.25, 0.3) is 11.8 Å². The summed E-state index contributed by atoms with van der Waals surface area (Å²) in [6.07, 6.45) is 4.78. The van der Waals surface area contributed by atoms with Gasteiger partial charge in [0.05, 0.1) is 18.4 Å². The molecular formula is C26H25N7O2S. The van der Waals surface area contributed by atoms with E-state index < -0.39 is 0 Å². The van der Waals surface area contributed by atoms with Crippen molar-refractivity contribution in [2.24, 2.45) is 4.99 Å². The minimum atomic E-state index is -0.166.